The number of benzene rings is 1. The highest BCUT2D eigenvalue weighted by molar-refractivity contribution is 14.0. The molecule has 0 radical (unpaired) electrons. The Kier molecular flexibility index (Phi) is 10.1. The molecule has 1 heterocycles. The summed E-state index contributed by atoms with van der Waals surface area (Å²) in [5.74, 6) is 1.02. The van der Waals surface area contributed by atoms with E-state index in [1.807, 2.05) is 12.1 Å². The van der Waals surface area contributed by atoms with Crippen LogP contribution < -0.4 is 16.4 Å². The van der Waals surface area contributed by atoms with Crippen molar-refractivity contribution in [3.63, 3.8) is 0 Å². The molecule has 0 bridgehead atoms. The number of guanidine groups is 1. The Bertz CT molecular complexity index is 640. The van der Waals surface area contributed by atoms with Gasteiger partial charge in [-0.1, -0.05) is 12.1 Å². The lowest BCUT2D eigenvalue weighted by molar-refractivity contribution is -0.121. The second kappa shape index (κ2) is 11.8. The van der Waals surface area contributed by atoms with Gasteiger partial charge in [0.15, 0.2) is 5.96 Å². The number of aliphatic imine (C=N–C) groups is 1. The summed E-state index contributed by atoms with van der Waals surface area (Å²) in [5.41, 5.74) is 6.80. The molecule has 1 aromatic rings. The average molecular weight is 487 g/mol. The monoisotopic (exact) mass is 487 g/mol. The van der Waals surface area contributed by atoms with Gasteiger partial charge in [-0.15, -0.1) is 24.0 Å². The van der Waals surface area contributed by atoms with Gasteiger partial charge in [-0.3, -0.25) is 9.59 Å². The average Bonchev–Trinajstić information content (AvgIpc) is 2.66. The molecular formula is C19H30IN5O2. The fourth-order valence-corrected chi connectivity index (χ4v) is 3.08. The minimum atomic E-state index is -0.423. The van der Waals surface area contributed by atoms with E-state index >= 15 is 0 Å². The topological polar surface area (TPSA) is 99.8 Å². The zero-order valence-corrected chi connectivity index (χ0v) is 18.4. The van der Waals surface area contributed by atoms with Crippen molar-refractivity contribution in [1.29, 1.82) is 0 Å². The molecule has 0 spiro atoms. The predicted octanol–water partition coefficient (Wildman–Crippen LogP) is 1.72. The number of carbonyl (C=O) groups excluding carboxylic acids is 2. The summed E-state index contributed by atoms with van der Waals surface area (Å²) in [6.45, 7) is 5.19. The minimum absolute atomic E-state index is 0. The number of hydrogen-bond acceptors (Lipinski definition) is 3. The van der Waals surface area contributed by atoms with Crippen molar-refractivity contribution in [3.8, 4) is 0 Å². The second-order valence-corrected chi connectivity index (χ2v) is 6.54. The van der Waals surface area contributed by atoms with E-state index in [1.54, 1.807) is 19.2 Å². The third-order valence-electron chi connectivity index (χ3n) is 4.65. The zero-order chi connectivity index (χ0) is 18.9. The first-order chi connectivity index (χ1) is 12.5. The van der Waals surface area contributed by atoms with Crippen molar-refractivity contribution in [2.24, 2.45) is 16.6 Å². The van der Waals surface area contributed by atoms with Crippen molar-refractivity contribution in [3.05, 3.63) is 35.4 Å². The van der Waals surface area contributed by atoms with Crippen LogP contribution >= 0.6 is 24.0 Å². The van der Waals surface area contributed by atoms with E-state index in [1.165, 1.54) is 0 Å². The second-order valence-electron chi connectivity index (χ2n) is 6.54. The van der Waals surface area contributed by atoms with E-state index in [0.29, 0.717) is 24.4 Å². The van der Waals surface area contributed by atoms with Crippen molar-refractivity contribution in [1.82, 2.24) is 15.5 Å². The Morgan fingerprint density at radius 1 is 1.22 bits per heavy atom. The van der Waals surface area contributed by atoms with Crippen LogP contribution in [0.2, 0.25) is 0 Å². The molecule has 8 heteroatoms. The smallest absolute Gasteiger partial charge is 0.248 e. The number of nitrogens with two attached hydrogens (primary N) is 1. The first-order valence-corrected chi connectivity index (χ1v) is 9.16. The standard InChI is InChI=1S/C19H29N5O2.HI/c1-3-22-19(23-13-15-4-6-16(7-5-15)18(20)26)24-10-8-14(9-11-24)12-17(25)21-2;/h4-7,14H,3,8-13H2,1-2H3,(H2,20,26)(H,21,25)(H,22,23);1H. The molecule has 7 nitrogen and oxygen atoms in total. The third-order valence-corrected chi connectivity index (χ3v) is 4.65. The summed E-state index contributed by atoms with van der Waals surface area (Å²) in [7, 11) is 1.68. The highest BCUT2D eigenvalue weighted by Gasteiger charge is 2.23. The Balaban J connectivity index is 0.00000364. The first kappa shape index (κ1) is 23.2. The number of halogens is 1. The molecule has 1 aliphatic rings. The molecule has 0 aliphatic carbocycles. The Labute approximate surface area is 178 Å². The molecule has 1 aromatic carbocycles. The largest absolute Gasteiger partial charge is 0.366 e. The quantitative estimate of drug-likeness (QED) is 0.323. The van der Waals surface area contributed by atoms with Crippen molar-refractivity contribution < 1.29 is 9.59 Å². The van der Waals surface area contributed by atoms with Crippen molar-refractivity contribution >= 4 is 41.8 Å². The van der Waals surface area contributed by atoms with E-state index in [9.17, 15) is 9.59 Å². The fraction of sp³-hybridized carbons (Fsp3) is 0.526. The molecule has 150 valence electrons. The van der Waals surface area contributed by atoms with E-state index < -0.39 is 5.91 Å². The zero-order valence-electron chi connectivity index (χ0n) is 16.0. The predicted molar refractivity (Wildman–Crippen MR) is 118 cm³/mol. The van der Waals surface area contributed by atoms with Crippen LogP contribution in [-0.4, -0.2) is 49.4 Å². The number of primary amides is 1. The number of piperidine rings is 1. The fourth-order valence-electron chi connectivity index (χ4n) is 3.08. The van der Waals surface area contributed by atoms with Gasteiger partial charge >= 0.3 is 0 Å². The molecule has 4 N–H and O–H groups in total. The van der Waals surface area contributed by atoms with Crippen LogP contribution in [0.4, 0.5) is 0 Å². The van der Waals surface area contributed by atoms with Crippen LogP contribution in [0.3, 0.4) is 0 Å². The summed E-state index contributed by atoms with van der Waals surface area (Å²) in [5, 5.41) is 6.04. The molecule has 2 amide bonds. The number of likely N-dealkylation sites (tertiary alicyclic amines) is 1. The molecule has 0 aromatic heterocycles. The van der Waals surface area contributed by atoms with Gasteiger partial charge in [0.25, 0.3) is 0 Å². The van der Waals surface area contributed by atoms with Crippen LogP contribution in [0.1, 0.15) is 42.1 Å². The van der Waals surface area contributed by atoms with Gasteiger partial charge in [-0.2, -0.15) is 0 Å². The lowest BCUT2D eigenvalue weighted by Gasteiger charge is -2.34. The first-order valence-electron chi connectivity index (χ1n) is 9.16. The molecule has 0 unspecified atom stereocenters. The number of nitrogens with zero attached hydrogens (tertiary/aromatic N) is 2. The van der Waals surface area contributed by atoms with E-state index in [2.05, 4.69) is 22.5 Å². The van der Waals surface area contributed by atoms with Crippen LogP contribution in [0.5, 0.6) is 0 Å². The lowest BCUT2D eigenvalue weighted by Crippen LogP contribution is -2.46. The summed E-state index contributed by atoms with van der Waals surface area (Å²) >= 11 is 0. The van der Waals surface area contributed by atoms with Crippen molar-refractivity contribution in [2.45, 2.75) is 32.7 Å². The van der Waals surface area contributed by atoms with Gasteiger partial charge in [-0.25, -0.2) is 4.99 Å². The van der Waals surface area contributed by atoms with E-state index in [-0.39, 0.29) is 29.9 Å². The number of amides is 2. The van der Waals surface area contributed by atoms with Gasteiger partial charge in [0.1, 0.15) is 0 Å². The number of carbonyl (C=O) groups is 2. The molecule has 0 atom stereocenters. The van der Waals surface area contributed by atoms with Gasteiger partial charge in [0.05, 0.1) is 6.54 Å². The summed E-state index contributed by atoms with van der Waals surface area (Å²) < 4.78 is 0. The Morgan fingerprint density at radius 2 is 1.85 bits per heavy atom. The van der Waals surface area contributed by atoms with E-state index in [4.69, 9.17) is 10.7 Å². The van der Waals surface area contributed by atoms with Gasteiger partial charge in [0, 0.05) is 38.7 Å². The lowest BCUT2D eigenvalue weighted by atomic mass is 9.93. The molecule has 0 saturated carbocycles. The molecule has 1 aliphatic heterocycles. The highest BCUT2D eigenvalue weighted by atomic mass is 127. The SMILES string of the molecule is CCNC(=NCc1ccc(C(N)=O)cc1)N1CCC(CC(=O)NC)CC1.I. The normalized spacial score (nSPS) is 15.0. The molecular weight excluding hydrogens is 457 g/mol. The van der Waals surface area contributed by atoms with Gasteiger partial charge < -0.3 is 21.3 Å². The summed E-state index contributed by atoms with van der Waals surface area (Å²) in [6, 6.07) is 7.21. The van der Waals surface area contributed by atoms with Crippen LogP contribution in [0.25, 0.3) is 0 Å². The number of nitrogens with one attached hydrogen (secondary N) is 2. The Hall–Kier alpha value is -1.84. The minimum Gasteiger partial charge on any atom is -0.366 e. The Morgan fingerprint density at radius 3 is 2.37 bits per heavy atom. The maximum Gasteiger partial charge on any atom is 0.248 e. The summed E-state index contributed by atoms with van der Waals surface area (Å²) in [6.07, 6.45) is 2.58. The number of rotatable bonds is 6. The maximum atomic E-state index is 11.5. The van der Waals surface area contributed by atoms with Crippen LogP contribution in [0.15, 0.2) is 29.3 Å². The molecule has 1 saturated heterocycles. The molecule has 27 heavy (non-hydrogen) atoms. The maximum absolute atomic E-state index is 11.5. The van der Waals surface area contributed by atoms with Crippen LogP contribution in [0, 0.1) is 5.92 Å². The van der Waals surface area contributed by atoms with Gasteiger partial charge in [0.2, 0.25) is 11.8 Å². The molecule has 1 fully saturated rings. The van der Waals surface area contributed by atoms with Crippen molar-refractivity contribution in [2.75, 3.05) is 26.7 Å². The van der Waals surface area contributed by atoms with Gasteiger partial charge in [-0.05, 0) is 43.4 Å². The highest BCUT2D eigenvalue weighted by Crippen LogP contribution is 2.20. The number of hydrogen-bond donors (Lipinski definition) is 3. The third kappa shape index (κ3) is 7.36. The summed E-state index contributed by atoms with van der Waals surface area (Å²) in [4.78, 5) is 29.6. The van der Waals surface area contributed by atoms with E-state index in [0.717, 1.165) is 44.0 Å². The molecule has 2 rings (SSSR count). The van der Waals surface area contributed by atoms with Crippen LogP contribution in [-0.2, 0) is 11.3 Å².